The van der Waals surface area contributed by atoms with Gasteiger partial charge in [-0.1, -0.05) is 0 Å². The zero-order chi connectivity index (χ0) is 20.6. The molecule has 0 radical (unpaired) electrons. The van der Waals surface area contributed by atoms with E-state index in [0.717, 1.165) is 38.4 Å². The minimum absolute atomic E-state index is 0.109. The van der Waals surface area contributed by atoms with Crippen molar-refractivity contribution in [1.29, 1.82) is 0 Å². The molecule has 0 bridgehead atoms. The average Bonchev–Trinajstić information content (AvgIpc) is 3.34. The van der Waals surface area contributed by atoms with Crippen LogP contribution in [0.1, 0.15) is 18.9 Å². The Morgan fingerprint density at radius 1 is 1.41 bits per heavy atom. The highest BCUT2D eigenvalue weighted by Gasteiger charge is 2.25. The molecule has 1 saturated heterocycles. The van der Waals surface area contributed by atoms with Crippen LogP contribution in [-0.4, -0.2) is 64.6 Å². The number of benzene rings is 1. The van der Waals surface area contributed by atoms with Crippen molar-refractivity contribution >= 4 is 5.96 Å². The number of guanidine groups is 1. The normalized spacial score (nSPS) is 18.1. The van der Waals surface area contributed by atoms with Crippen LogP contribution in [0.15, 0.2) is 41.7 Å². The van der Waals surface area contributed by atoms with Gasteiger partial charge in [0.25, 0.3) is 0 Å². The second-order valence-electron chi connectivity index (χ2n) is 7.44. The van der Waals surface area contributed by atoms with Gasteiger partial charge in [-0.25, -0.2) is 4.39 Å². The Labute approximate surface area is 171 Å². The predicted octanol–water partition coefficient (Wildman–Crippen LogP) is 1.83. The fraction of sp³-hybridized carbons (Fsp3) is 0.524. The number of likely N-dealkylation sites (tertiary alicyclic amines) is 1. The molecule has 158 valence electrons. The quantitative estimate of drug-likeness (QED) is 0.520. The van der Waals surface area contributed by atoms with Crippen molar-refractivity contribution in [2.75, 3.05) is 32.8 Å². The highest BCUT2D eigenvalue weighted by Crippen LogP contribution is 2.20. The van der Waals surface area contributed by atoms with Gasteiger partial charge >= 0.3 is 0 Å². The van der Waals surface area contributed by atoms with Crippen LogP contribution in [0.25, 0.3) is 0 Å². The molecule has 1 aromatic heterocycles. The molecule has 29 heavy (non-hydrogen) atoms. The lowest BCUT2D eigenvalue weighted by Crippen LogP contribution is -2.41. The van der Waals surface area contributed by atoms with Gasteiger partial charge in [0.15, 0.2) is 5.96 Å². The Hall–Kier alpha value is -2.61. The van der Waals surface area contributed by atoms with E-state index >= 15 is 0 Å². The number of rotatable bonds is 8. The Morgan fingerprint density at radius 3 is 2.90 bits per heavy atom. The van der Waals surface area contributed by atoms with E-state index in [-0.39, 0.29) is 19.0 Å². The Morgan fingerprint density at radius 2 is 2.21 bits per heavy atom. The van der Waals surface area contributed by atoms with Gasteiger partial charge in [-0.15, -0.1) is 0 Å². The molecule has 0 amide bonds. The van der Waals surface area contributed by atoms with Crippen molar-refractivity contribution in [3.8, 4) is 5.75 Å². The number of hydrogen-bond donors (Lipinski definition) is 2. The van der Waals surface area contributed by atoms with Crippen LogP contribution in [0.4, 0.5) is 4.39 Å². The Balaban J connectivity index is 1.49. The van der Waals surface area contributed by atoms with Gasteiger partial charge in [-0.3, -0.25) is 9.67 Å². The maximum atomic E-state index is 12.9. The summed E-state index contributed by atoms with van der Waals surface area (Å²) in [6, 6.07) is 5.75. The molecular weight excluding hydrogens is 373 g/mol. The van der Waals surface area contributed by atoms with Crippen molar-refractivity contribution < 1.29 is 14.2 Å². The largest absolute Gasteiger partial charge is 0.491 e. The van der Waals surface area contributed by atoms with Crippen molar-refractivity contribution in [2.45, 2.75) is 25.9 Å². The van der Waals surface area contributed by atoms with Gasteiger partial charge in [0.2, 0.25) is 0 Å². The van der Waals surface area contributed by atoms with Crippen molar-refractivity contribution in [3.05, 3.63) is 48.0 Å². The number of nitrogens with zero attached hydrogens (tertiary/aromatic N) is 4. The summed E-state index contributed by atoms with van der Waals surface area (Å²) in [6.07, 6.45) is 5.38. The maximum Gasteiger partial charge on any atom is 0.194 e. The van der Waals surface area contributed by atoms with Gasteiger partial charge in [0.05, 0.1) is 12.7 Å². The number of hydrogen-bond acceptors (Lipinski definition) is 4. The molecule has 3 rings (SSSR count). The molecule has 0 aliphatic carbocycles. The van der Waals surface area contributed by atoms with Crippen LogP contribution in [0.5, 0.6) is 5.75 Å². The summed E-state index contributed by atoms with van der Waals surface area (Å²) in [5.41, 5.74) is 1.26. The molecule has 2 aromatic rings. The van der Waals surface area contributed by atoms with Crippen molar-refractivity contribution in [2.24, 2.45) is 18.0 Å². The second-order valence-corrected chi connectivity index (χ2v) is 7.44. The van der Waals surface area contributed by atoms with Gasteiger partial charge in [-0.05, 0) is 55.5 Å². The molecule has 1 aromatic carbocycles. The fourth-order valence-electron chi connectivity index (χ4n) is 3.50. The summed E-state index contributed by atoms with van der Waals surface area (Å²) in [6.45, 7) is 5.03. The molecule has 1 fully saturated rings. The molecule has 1 aliphatic rings. The number of aliphatic hydroxyl groups is 1. The van der Waals surface area contributed by atoms with Gasteiger partial charge < -0.3 is 20.1 Å². The maximum absolute atomic E-state index is 12.9. The lowest BCUT2D eigenvalue weighted by atomic mass is 10.0. The standard InChI is InChI=1S/C21H30FN5O2/c1-3-23-21(24-12-19(28)15-29-20-6-4-18(22)5-7-20)27-9-8-16(14-27)10-17-11-25-26(2)13-17/h4-7,11,13,16,19,28H,3,8-10,12,14-15H2,1-2H3,(H,23,24). The van der Waals surface area contributed by atoms with E-state index < -0.39 is 6.10 Å². The average molecular weight is 404 g/mol. The fourth-order valence-corrected chi connectivity index (χ4v) is 3.50. The molecule has 1 aliphatic heterocycles. The summed E-state index contributed by atoms with van der Waals surface area (Å²) < 4.78 is 20.3. The van der Waals surface area contributed by atoms with Crippen LogP contribution in [0.3, 0.4) is 0 Å². The minimum atomic E-state index is -0.734. The molecule has 8 heteroatoms. The molecule has 2 atom stereocenters. The van der Waals surface area contributed by atoms with Crippen LogP contribution < -0.4 is 10.1 Å². The van der Waals surface area contributed by atoms with E-state index in [1.165, 1.54) is 17.7 Å². The smallest absolute Gasteiger partial charge is 0.194 e. The summed E-state index contributed by atoms with van der Waals surface area (Å²) >= 11 is 0. The number of aromatic nitrogens is 2. The molecule has 2 heterocycles. The topological polar surface area (TPSA) is 74.9 Å². The first-order chi connectivity index (χ1) is 14.0. The van der Waals surface area contributed by atoms with E-state index in [1.54, 1.807) is 12.1 Å². The van der Waals surface area contributed by atoms with Gasteiger partial charge in [-0.2, -0.15) is 5.10 Å². The molecule has 2 N–H and O–H groups in total. The van der Waals surface area contributed by atoms with E-state index in [9.17, 15) is 9.50 Å². The summed E-state index contributed by atoms with van der Waals surface area (Å²) in [5.74, 6) is 1.60. The minimum Gasteiger partial charge on any atom is -0.491 e. The lowest BCUT2D eigenvalue weighted by molar-refractivity contribution is 0.114. The highest BCUT2D eigenvalue weighted by atomic mass is 19.1. The third-order valence-electron chi connectivity index (χ3n) is 4.91. The molecule has 0 saturated carbocycles. The number of halogens is 1. The highest BCUT2D eigenvalue weighted by molar-refractivity contribution is 5.80. The lowest BCUT2D eigenvalue weighted by Gasteiger charge is -2.22. The number of nitrogens with one attached hydrogen (secondary N) is 1. The first-order valence-electron chi connectivity index (χ1n) is 10.1. The Bertz CT molecular complexity index is 793. The van der Waals surface area contributed by atoms with Gasteiger partial charge in [0, 0.05) is 32.9 Å². The number of ether oxygens (including phenoxy) is 1. The number of aliphatic hydroxyl groups excluding tert-OH is 1. The molecular formula is C21H30FN5O2. The summed E-state index contributed by atoms with van der Waals surface area (Å²) in [7, 11) is 1.94. The van der Waals surface area contributed by atoms with E-state index in [4.69, 9.17) is 4.74 Å². The van der Waals surface area contributed by atoms with Crippen LogP contribution in [-0.2, 0) is 13.5 Å². The molecule has 0 spiro atoms. The van der Waals surface area contributed by atoms with E-state index in [1.807, 2.05) is 24.9 Å². The third kappa shape index (κ3) is 6.45. The molecule has 2 unspecified atom stereocenters. The zero-order valence-corrected chi connectivity index (χ0v) is 17.1. The van der Waals surface area contributed by atoms with E-state index in [0.29, 0.717) is 11.7 Å². The number of aryl methyl sites for hydroxylation is 1. The zero-order valence-electron chi connectivity index (χ0n) is 17.1. The second kappa shape index (κ2) is 10.2. The number of aliphatic imine (C=N–C) groups is 1. The third-order valence-corrected chi connectivity index (χ3v) is 4.91. The first kappa shape index (κ1) is 21.1. The Kier molecular flexibility index (Phi) is 7.46. The predicted molar refractivity (Wildman–Crippen MR) is 110 cm³/mol. The van der Waals surface area contributed by atoms with Crippen LogP contribution in [0, 0.1) is 11.7 Å². The summed E-state index contributed by atoms with van der Waals surface area (Å²) in [4.78, 5) is 6.84. The summed E-state index contributed by atoms with van der Waals surface area (Å²) in [5, 5.41) is 17.8. The molecule has 7 nitrogen and oxygen atoms in total. The van der Waals surface area contributed by atoms with Crippen molar-refractivity contribution in [1.82, 2.24) is 20.0 Å². The monoisotopic (exact) mass is 403 g/mol. The van der Waals surface area contributed by atoms with Crippen LogP contribution >= 0.6 is 0 Å². The first-order valence-corrected chi connectivity index (χ1v) is 10.1. The SMILES string of the molecule is CCNC(=NCC(O)COc1ccc(F)cc1)N1CCC(Cc2cnn(C)c2)C1. The van der Waals surface area contributed by atoms with E-state index in [2.05, 4.69) is 26.5 Å². The van der Waals surface area contributed by atoms with Crippen molar-refractivity contribution in [3.63, 3.8) is 0 Å². The van der Waals surface area contributed by atoms with Gasteiger partial charge in [0.1, 0.15) is 24.3 Å². The van der Waals surface area contributed by atoms with Crippen LogP contribution in [0.2, 0.25) is 0 Å².